The molecule has 0 saturated heterocycles. The summed E-state index contributed by atoms with van der Waals surface area (Å²) in [7, 11) is 0. The molecule has 0 radical (unpaired) electrons. The van der Waals surface area contributed by atoms with Crippen molar-refractivity contribution in [2.75, 3.05) is 5.73 Å². The van der Waals surface area contributed by atoms with E-state index < -0.39 is 0 Å². The number of furan rings is 1. The average Bonchev–Trinajstić information content (AvgIpc) is 2.98. The molecule has 2 N–H and O–H groups in total. The third-order valence-electron chi connectivity index (χ3n) is 2.82. The van der Waals surface area contributed by atoms with Crippen LogP contribution < -0.4 is 5.73 Å². The van der Waals surface area contributed by atoms with E-state index >= 15 is 0 Å². The van der Waals surface area contributed by atoms with Crippen LogP contribution in [0, 0.1) is 0 Å². The van der Waals surface area contributed by atoms with Crippen LogP contribution in [0.25, 0.3) is 11.3 Å². The Hall–Kier alpha value is -2.20. The van der Waals surface area contributed by atoms with Crippen molar-refractivity contribution in [2.24, 2.45) is 0 Å². The molecular weight excluding hydrogens is 262 g/mol. The van der Waals surface area contributed by atoms with Crippen molar-refractivity contribution in [3.63, 3.8) is 0 Å². The fraction of sp³-hybridized carbons (Fsp3) is 0.0714. The second-order valence-electron chi connectivity index (χ2n) is 4.27. The second kappa shape index (κ2) is 4.82. The zero-order chi connectivity index (χ0) is 13.2. The largest absolute Gasteiger partial charge is 0.472 e. The summed E-state index contributed by atoms with van der Waals surface area (Å²) >= 11 is 5.96. The Morgan fingerprint density at radius 2 is 2.21 bits per heavy atom. The minimum Gasteiger partial charge on any atom is -0.472 e. The minimum atomic E-state index is 0.628. The molecule has 1 aromatic carbocycles. The van der Waals surface area contributed by atoms with Gasteiger partial charge in [0.25, 0.3) is 0 Å². The third kappa shape index (κ3) is 2.48. The summed E-state index contributed by atoms with van der Waals surface area (Å²) < 4.78 is 6.84. The number of halogens is 1. The van der Waals surface area contributed by atoms with Gasteiger partial charge < -0.3 is 10.2 Å². The predicted molar refractivity (Wildman–Crippen MR) is 74.9 cm³/mol. The van der Waals surface area contributed by atoms with E-state index in [2.05, 4.69) is 5.10 Å². The van der Waals surface area contributed by atoms with Crippen LogP contribution >= 0.6 is 11.6 Å². The Bertz CT molecular complexity index is 689. The molecule has 0 aliphatic carbocycles. The molecule has 0 fully saturated rings. The quantitative estimate of drug-likeness (QED) is 0.795. The van der Waals surface area contributed by atoms with E-state index in [1.807, 2.05) is 36.5 Å². The van der Waals surface area contributed by atoms with Gasteiger partial charge in [0, 0.05) is 16.8 Å². The summed E-state index contributed by atoms with van der Waals surface area (Å²) in [6.45, 7) is 0.628. The molecule has 19 heavy (non-hydrogen) atoms. The van der Waals surface area contributed by atoms with Crippen LogP contribution in [0.15, 0.2) is 53.5 Å². The Morgan fingerprint density at radius 1 is 1.32 bits per heavy atom. The maximum atomic E-state index is 5.97. The summed E-state index contributed by atoms with van der Waals surface area (Å²) in [6.07, 6.45) is 5.04. The molecule has 0 aliphatic rings. The fourth-order valence-corrected chi connectivity index (χ4v) is 2.18. The van der Waals surface area contributed by atoms with Gasteiger partial charge in [0.15, 0.2) is 0 Å². The Balaban J connectivity index is 1.89. The van der Waals surface area contributed by atoms with Crippen LogP contribution in [-0.4, -0.2) is 9.78 Å². The highest BCUT2D eigenvalue weighted by atomic mass is 35.5. The van der Waals surface area contributed by atoms with Crippen molar-refractivity contribution in [3.05, 3.63) is 59.6 Å². The lowest BCUT2D eigenvalue weighted by molar-refractivity contribution is 0.568. The SMILES string of the molecule is Nc1cn(Cc2cccc(Cl)c2)nc1-c1ccoc1. The molecule has 96 valence electrons. The molecule has 0 spiro atoms. The molecule has 0 amide bonds. The van der Waals surface area contributed by atoms with Crippen molar-refractivity contribution in [1.29, 1.82) is 0 Å². The smallest absolute Gasteiger partial charge is 0.118 e. The highest BCUT2D eigenvalue weighted by Crippen LogP contribution is 2.24. The number of nitrogen functional groups attached to an aromatic ring is 1. The molecule has 2 heterocycles. The van der Waals surface area contributed by atoms with E-state index in [4.69, 9.17) is 21.8 Å². The molecule has 0 atom stereocenters. The molecule has 2 aromatic heterocycles. The number of aromatic nitrogens is 2. The normalized spacial score (nSPS) is 10.8. The predicted octanol–water partition coefficient (Wildman–Crippen LogP) is 3.43. The lowest BCUT2D eigenvalue weighted by atomic mass is 10.2. The summed E-state index contributed by atoms with van der Waals surface area (Å²) in [5.41, 5.74) is 9.28. The zero-order valence-electron chi connectivity index (χ0n) is 10.1. The van der Waals surface area contributed by atoms with Crippen LogP contribution in [0.1, 0.15) is 5.56 Å². The first kappa shape index (κ1) is 11.9. The zero-order valence-corrected chi connectivity index (χ0v) is 10.8. The van der Waals surface area contributed by atoms with Gasteiger partial charge in [0.1, 0.15) is 5.69 Å². The molecule has 3 rings (SSSR count). The molecule has 5 heteroatoms. The number of benzene rings is 1. The van der Waals surface area contributed by atoms with E-state index in [9.17, 15) is 0 Å². The van der Waals surface area contributed by atoms with E-state index in [1.54, 1.807) is 17.2 Å². The maximum absolute atomic E-state index is 5.97. The topological polar surface area (TPSA) is 57.0 Å². The first-order valence-corrected chi connectivity index (χ1v) is 6.20. The van der Waals surface area contributed by atoms with Crippen molar-refractivity contribution >= 4 is 17.3 Å². The van der Waals surface area contributed by atoms with Gasteiger partial charge in [-0.15, -0.1) is 0 Å². The van der Waals surface area contributed by atoms with Crippen molar-refractivity contribution in [3.8, 4) is 11.3 Å². The second-order valence-corrected chi connectivity index (χ2v) is 4.71. The summed E-state index contributed by atoms with van der Waals surface area (Å²) in [5, 5.41) is 5.18. The number of hydrogen-bond donors (Lipinski definition) is 1. The number of nitrogens with zero attached hydrogens (tertiary/aromatic N) is 2. The van der Waals surface area contributed by atoms with Crippen LogP contribution in [0.4, 0.5) is 5.69 Å². The first-order chi connectivity index (χ1) is 9.22. The molecule has 0 unspecified atom stereocenters. The molecule has 0 bridgehead atoms. The van der Waals surface area contributed by atoms with Gasteiger partial charge in [0.05, 0.1) is 24.8 Å². The van der Waals surface area contributed by atoms with Crippen molar-refractivity contribution in [2.45, 2.75) is 6.54 Å². The Labute approximate surface area is 115 Å². The average molecular weight is 274 g/mol. The van der Waals surface area contributed by atoms with Gasteiger partial charge in [-0.2, -0.15) is 5.10 Å². The maximum Gasteiger partial charge on any atom is 0.118 e. The fourth-order valence-electron chi connectivity index (χ4n) is 1.96. The number of anilines is 1. The lowest BCUT2D eigenvalue weighted by Gasteiger charge is -2.01. The van der Waals surface area contributed by atoms with E-state index in [0.717, 1.165) is 16.8 Å². The van der Waals surface area contributed by atoms with Crippen LogP contribution in [0.2, 0.25) is 5.02 Å². The van der Waals surface area contributed by atoms with Gasteiger partial charge in [-0.1, -0.05) is 23.7 Å². The lowest BCUT2D eigenvalue weighted by Crippen LogP contribution is -2.00. The molecule has 0 saturated carbocycles. The Morgan fingerprint density at radius 3 is 2.95 bits per heavy atom. The summed E-state index contributed by atoms with van der Waals surface area (Å²) in [6, 6.07) is 9.52. The standard InChI is InChI=1S/C14H12ClN3O/c15-12-3-1-2-10(6-12)7-18-8-13(16)14(17-18)11-4-5-19-9-11/h1-6,8-9H,7,16H2. The van der Waals surface area contributed by atoms with Crippen LogP contribution in [-0.2, 0) is 6.54 Å². The highest BCUT2D eigenvalue weighted by Gasteiger charge is 2.09. The number of rotatable bonds is 3. The van der Waals surface area contributed by atoms with Gasteiger partial charge in [0.2, 0.25) is 0 Å². The molecule has 3 aromatic rings. The van der Waals surface area contributed by atoms with E-state index in [0.29, 0.717) is 17.3 Å². The number of nitrogens with two attached hydrogens (primary N) is 1. The molecular formula is C14H12ClN3O. The molecule has 4 nitrogen and oxygen atoms in total. The van der Waals surface area contributed by atoms with Gasteiger partial charge in [-0.3, -0.25) is 4.68 Å². The van der Waals surface area contributed by atoms with Crippen LogP contribution in [0.3, 0.4) is 0 Å². The van der Waals surface area contributed by atoms with Crippen molar-refractivity contribution < 1.29 is 4.42 Å². The van der Waals surface area contributed by atoms with Gasteiger partial charge in [-0.05, 0) is 23.8 Å². The van der Waals surface area contributed by atoms with E-state index in [1.165, 1.54) is 0 Å². The van der Waals surface area contributed by atoms with E-state index in [-0.39, 0.29) is 0 Å². The summed E-state index contributed by atoms with van der Waals surface area (Å²) in [5.74, 6) is 0. The minimum absolute atomic E-state index is 0.628. The monoisotopic (exact) mass is 273 g/mol. The summed E-state index contributed by atoms with van der Waals surface area (Å²) in [4.78, 5) is 0. The number of hydrogen-bond acceptors (Lipinski definition) is 3. The highest BCUT2D eigenvalue weighted by molar-refractivity contribution is 6.30. The van der Waals surface area contributed by atoms with Gasteiger partial charge in [-0.25, -0.2) is 0 Å². The van der Waals surface area contributed by atoms with Gasteiger partial charge >= 0.3 is 0 Å². The molecule has 0 aliphatic heterocycles. The van der Waals surface area contributed by atoms with Crippen LogP contribution in [0.5, 0.6) is 0 Å². The first-order valence-electron chi connectivity index (χ1n) is 5.82. The third-order valence-corrected chi connectivity index (χ3v) is 3.05. The Kier molecular flexibility index (Phi) is 3.01. The van der Waals surface area contributed by atoms with Crippen molar-refractivity contribution in [1.82, 2.24) is 9.78 Å².